The van der Waals surface area contributed by atoms with Crippen molar-refractivity contribution in [3.8, 4) is 0 Å². The van der Waals surface area contributed by atoms with Crippen molar-refractivity contribution in [2.75, 3.05) is 7.05 Å². The van der Waals surface area contributed by atoms with Crippen molar-refractivity contribution >= 4 is 0 Å². The van der Waals surface area contributed by atoms with E-state index in [0.717, 1.165) is 31.0 Å². The Morgan fingerprint density at radius 2 is 2.31 bits per heavy atom. The van der Waals surface area contributed by atoms with Crippen LogP contribution in [0, 0.1) is 0 Å². The highest BCUT2D eigenvalue weighted by Crippen LogP contribution is 2.03. The van der Waals surface area contributed by atoms with E-state index in [1.54, 1.807) is 0 Å². The largest absolute Gasteiger partial charge is 0.339 e. The van der Waals surface area contributed by atoms with Gasteiger partial charge in [0.1, 0.15) is 0 Å². The molecule has 0 aromatic carbocycles. The van der Waals surface area contributed by atoms with Crippen molar-refractivity contribution < 1.29 is 4.52 Å². The lowest BCUT2D eigenvalue weighted by Gasteiger charge is -2.06. The second-order valence-corrected chi connectivity index (χ2v) is 3.19. The Labute approximate surface area is 78.7 Å². The Kier molecular flexibility index (Phi) is 3.89. The summed E-state index contributed by atoms with van der Waals surface area (Å²) in [5.41, 5.74) is 0. The molecule has 0 aliphatic rings. The Bertz CT molecular complexity index is 247. The molecule has 0 radical (unpaired) electrons. The molecule has 4 heteroatoms. The van der Waals surface area contributed by atoms with E-state index in [1.807, 2.05) is 14.0 Å². The third kappa shape index (κ3) is 3.14. The van der Waals surface area contributed by atoms with E-state index in [1.165, 1.54) is 0 Å². The molecule has 1 rings (SSSR count). The average molecular weight is 183 g/mol. The smallest absolute Gasteiger partial charge is 0.226 e. The van der Waals surface area contributed by atoms with Gasteiger partial charge in [0, 0.05) is 18.9 Å². The second kappa shape index (κ2) is 4.97. The van der Waals surface area contributed by atoms with E-state index in [0.29, 0.717) is 6.04 Å². The Morgan fingerprint density at radius 3 is 2.85 bits per heavy atom. The molecule has 0 bridgehead atoms. The van der Waals surface area contributed by atoms with Crippen LogP contribution in [-0.4, -0.2) is 23.2 Å². The molecule has 0 saturated heterocycles. The molecular formula is C9H17N3O. The van der Waals surface area contributed by atoms with Crippen LogP contribution in [0.25, 0.3) is 0 Å². The third-order valence-electron chi connectivity index (χ3n) is 2.11. The minimum absolute atomic E-state index is 0.497. The van der Waals surface area contributed by atoms with Gasteiger partial charge in [-0.3, -0.25) is 0 Å². The molecule has 0 fully saturated rings. The summed E-state index contributed by atoms with van der Waals surface area (Å²) in [6, 6.07) is 0.497. The highest BCUT2D eigenvalue weighted by Gasteiger charge is 2.06. The van der Waals surface area contributed by atoms with Gasteiger partial charge < -0.3 is 9.84 Å². The third-order valence-corrected chi connectivity index (χ3v) is 2.11. The van der Waals surface area contributed by atoms with Crippen LogP contribution < -0.4 is 5.32 Å². The maximum Gasteiger partial charge on any atom is 0.226 e. The van der Waals surface area contributed by atoms with Crippen LogP contribution in [-0.2, 0) is 12.8 Å². The fourth-order valence-corrected chi connectivity index (χ4v) is 1.02. The highest BCUT2D eigenvalue weighted by molar-refractivity contribution is 4.86. The van der Waals surface area contributed by atoms with Gasteiger partial charge >= 0.3 is 0 Å². The Morgan fingerprint density at radius 1 is 1.54 bits per heavy atom. The lowest BCUT2D eigenvalue weighted by atomic mass is 10.2. The molecule has 1 heterocycles. The van der Waals surface area contributed by atoms with Crippen molar-refractivity contribution in [2.45, 2.75) is 39.2 Å². The standard InChI is InChI=1S/C9H17N3O/c1-4-8-11-9(13-12-8)6-5-7(2)10-3/h7,10H,4-6H2,1-3H3. The normalized spacial score (nSPS) is 13.2. The molecule has 13 heavy (non-hydrogen) atoms. The maximum atomic E-state index is 5.06. The van der Waals surface area contributed by atoms with E-state index >= 15 is 0 Å². The van der Waals surface area contributed by atoms with Crippen LogP contribution in [0.15, 0.2) is 4.52 Å². The van der Waals surface area contributed by atoms with Crippen LogP contribution in [0.4, 0.5) is 0 Å². The quantitative estimate of drug-likeness (QED) is 0.744. The molecule has 1 atom stereocenters. The van der Waals surface area contributed by atoms with Gasteiger partial charge in [0.25, 0.3) is 0 Å². The van der Waals surface area contributed by atoms with E-state index in [-0.39, 0.29) is 0 Å². The number of hydrogen-bond acceptors (Lipinski definition) is 4. The summed E-state index contributed by atoms with van der Waals surface area (Å²) in [7, 11) is 1.95. The summed E-state index contributed by atoms with van der Waals surface area (Å²) in [4.78, 5) is 4.23. The number of nitrogens with one attached hydrogen (secondary N) is 1. The predicted octanol–water partition coefficient (Wildman–Crippen LogP) is 1.17. The molecule has 4 nitrogen and oxygen atoms in total. The van der Waals surface area contributed by atoms with Gasteiger partial charge in [-0.2, -0.15) is 4.98 Å². The van der Waals surface area contributed by atoms with Crippen molar-refractivity contribution in [3.05, 3.63) is 11.7 Å². The summed E-state index contributed by atoms with van der Waals surface area (Å²) in [6.07, 6.45) is 2.72. The minimum Gasteiger partial charge on any atom is -0.339 e. The summed E-state index contributed by atoms with van der Waals surface area (Å²) >= 11 is 0. The van der Waals surface area contributed by atoms with Crippen LogP contribution >= 0.6 is 0 Å². The highest BCUT2D eigenvalue weighted by atomic mass is 16.5. The lowest BCUT2D eigenvalue weighted by Crippen LogP contribution is -2.21. The van der Waals surface area contributed by atoms with Gasteiger partial charge in [-0.1, -0.05) is 12.1 Å². The van der Waals surface area contributed by atoms with E-state index in [2.05, 4.69) is 22.4 Å². The van der Waals surface area contributed by atoms with Gasteiger partial charge in [0.15, 0.2) is 5.82 Å². The number of rotatable bonds is 5. The Hall–Kier alpha value is -0.900. The van der Waals surface area contributed by atoms with E-state index in [4.69, 9.17) is 4.52 Å². The molecule has 1 N–H and O–H groups in total. The topological polar surface area (TPSA) is 51.0 Å². The number of nitrogens with zero attached hydrogens (tertiary/aromatic N) is 2. The predicted molar refractivity (Wildman–Crippen MR) is 50.5 cm³/mol. The number of hydrogen-bond donors (Lipinski definition) is 1. The zero-order chi connectivity index (χ0) is 9.68. The first-order valence-corrected chi connectivity index (χ1v) is 4.75. The second-order valence-electron chi connectivity index (χ2n) is 3.19. The first-order chi connectivity index (χ1) is 6.26. The molecule has 0 aliphatic carbocycles. The van der Waals surface area contributed by atoms with Crippen LogP contribution in [0.1, 0.15) is 32.0 Å². The van der Waals surface area contributed by atoms with Gasteiger partial charge in [0.2, 0.25) is 5.89 Å². The summed E-state index contributed by atoms with van der Waals surface area (Å²) < 4.78 is 5.06. The molecule has 1 aromatic rings. The van der Waals surface area contributed by atoms with Gasteiger partial charge in [-0.05, 0) is 20.4 Å². The molecule has 1 unspecified atom stereocenters. The van der Waals surface area contributed by atoms with Gasteiger partial charge in [-0.25, -0.2) is 0 Å². The molecule has 0 aliphatic heterocycles. The molecular weight excluding hydrogens is 166 g/mol. The van der Waals surface area contributed by atoms with Crippen LogP contribution in [0.3, 0.4) is 0 Å². The molecule has 74 valence electrons. The van der Waals surface area contributed by atoms with Gasteiger partial charge in [-0.15, -0.1) is 0 Å². The van der Waals surface area contributed by atoms with Crippen LogP contribution in [0.2, 0.25) is 0 Å². The lowest BCUT2D eigenvalue weighted by molar-refractivity contribution is 0.364. The van der Waals surface area contributed by atoms with Crippen molar-refractivity contribution in [1.29, 1.82) is 0 Å². The number of aryl methyl sites for hydroxylation is 2. The first kappa shape index (κ1) is 10.2. The van der Waals surface area contributed by atoms with Crippen molar-refractivity contribution in [1.82, 2.24) is 15.5 Å². The monoisotopic (exact) mass is 183 g/mol. The molecule has 0 saturated carbocycles. The van der Waals surface area contributed by atoms with Crippen molar-refractivity contribution in [3.63, 3.8) is 0 Å². The SMILES string of the molecule is CCc1noc(CCC(C)NC)n1. The molecule has 1 aromatic heterocycles. The fourth-order valence-electron chi connectivity index (χ4n) is 1.02. The maximum absolute atomic E-state index is 5.06. The van der Waals surface area contributed by atoms with Crippen LogP contribution in [0.5, 0.6) is 0 Å². The summed E-state index contributed by atoms with van der Waals surface area (Å²) in [5.74, 6) is 1.55. The summed E-state index contributed by atoms with van der Waals surface area (Å²) in [5, 5.41) is 7.00. The zero-order valence-electron chi connectivity index (χ0n) is 8.50. The average Bonchev–Trinajstić information content (AvgIpc) is 2.61. The molecule has 0 amide bonds. The molecule has 0 spiro atoms. The first-order valence-electron chi connectivity index (χ1n) is 4.75. The van der Waals surface area contributed by atoms with E-state index < -0.39 is 0 Å². The van der Waals surface area contributed by atoms with E-state index in [9.17, 15) is 0 Å². The summed E-state index contributed by atoms with van der Waals surface area (Å²) in [6.45, 7) is 4.15. The Balaban J connectivity index is 2.36. The van der Waals surface area contributed by atoms with Crippen molar-refractivity contribution in [2.24, 2.45) is 0 Å². The minimum atomic E-state index is 0.497. The zero-order valence-corrected chi connectivity index (χ0v) is 8.50. The fraction of sp³-hybridized carbons (Fsp3) is 0.778. The van der Waals surface area contributed by atoms with Gasteiger partial charge in [0.05, 0.1) is 0 Å². The number of aromatic nitrogens is 2.